The van der Waals surface area contributed by atoms with E-state index in [2.05, 4.69) is 35.6 Å². The Kier molecular flexibility index (Phi) is 7.87. The first-order chi connectivity index (χ1) is 19.4. The highest BCUT2D eigenvalue weighted by molar-refractivity contribution is 5.96. The van der Waals surface area contributed by atoms with E-state index in [1.165, 1.54) is 6.20 Å². The first kappa shape index (κ1) is 26.6. The molecule has 2 aromatic carbocycles. The zero-order valence-corrected chi connectivity index (χ0v) is 22.7. The van der Waals surface area contributed by atoms with Crippen molar-refractivity contribution >= 4 is 40.2 Å². The van der Waals surface area contributed by atoms with E-state index in [0.29, 0.717) is 34.2 Å². The Hall–Kier alpha value is -4.97. The monoisotopic (exact) mass is 542 g/mol. The molecule has 3 heterocycles. The van der Waals surface area contributed by atoms with E-state index in [1.54, 1.807) is 20.2 Å². The molecule has 0 aliphatic heterocycles. The Morgan fingerprint density at radius 3 is 2.70 bits per heavy atom. The van der Waals surface area contributed by atoms with Crippen LogP contribution in [0.4, 0.5) is 23.1 Å². The average molecular weight is 543 g/mol. The van der Waals surface area contributed by atoms with Crippen LogP contribution in [0, 0.1) is 0 Å². The maximum absolute atomic E-state index is 12.8. The summed E-state index contributed by atoms with van der Waals surface area (Å²) >= 11 is 0. The number of esters is 1. The molecule has 0 radical (unpaired) electrons. The average Bonchev–Trinajstić information content (AvgIpc) is 3.59. The lowest BCUT2D eigenvalue weighted by Gasteiger charge is -2.15. The van der Waals surface area contributed by atoms with Crippen molar-refractivity contribution in [3.05, 3.63) is 66.6 Å². The highest BCUT2D eigenvalue weighted by atomic mass is 16.5. The minimum Gasteiger partial charge on any atom is -0.494 e. The van der Waals surface area contributed by atoms with Gasteiger partial charge in [0.15, 0.2) is 17.2 Å². The number of nitrogens with zero attached hydrogens (tertiary/aromatic N) is 6. The number of hydrogen-bond acceptors (Lipinski definition) is 11. The first-order valence-electron chi connectivity index (χ1n) is 12.7. The molecule has 0 bridgehead atoms. The summed E-state index contributed by atoms with van der Waals surface area (Å²) in [5.41, 5.74) is 3.47. The van der Waals surface area contributed by atoms with Gasteiger partial charge in [-0.3, -0.25) is 4.68 Å². The third kappa shape index (κ3) is 5.86. The number of carbonyl (C=O) groups excluding carboxylic acids is 1. The number of rotatable bonds is 11. The van der Waals surface area contributed by atoms with E-state index >= 15 is 0 Å². The van der Waals surface area contributed by atoms with Crippen molar-refractivity contribution in [2.45, 2.75) is 13.5 Å². The predicted octanol–water partition coefficient (Wildman–Crippen LogP) is 4.72. The number of methoxy groups -OCH3 is 1. The lowest BCUT2D eigenvalue weighted by atomic mass is 10.1. The fraction of sp³-hybridized carbons (Fsp3) is 0.250. The fourth-order valence-electron chi connectivity index (χ4n) is 4.02. The molecule has 206 valence electrons. The van der Waals surface area contributed by atoms with Crippen molar-refractivity contribution in [3.8, 4) is 17.2 Å². The van der Waals surface area contributed by atoms with Gasteiger partial charge in [0, 0.05) is 18.9 Å². The third-order valence-electron chi connectivity index (χ3n) is 5.95. The normalized spacial score (nSPS) is 11.1. The van der Waals surface area contributed by atoms with Crippen molar-refractivity contribution in [2.24, 2.45) is 0 Å². The molecule has 3 aromatic heterocycles. The van der Waals surface area contributed by atoms with E-state index in [4.69, 9.17) is 13.9 Å². The quantitative estimate of drug-likeness (QED) is 0.225. The van der Waals surface area contributed by atoms with E-state index in [9.17, 15) is 4.79 Å². The summed E-state index contributed by atoms with van der Waals surface area (Å²) in [4.78, 5) is 28.4. The number of carbonyl (C=O) groups is 1. The molecule has 5 aromatic rings. The topological polar surface area (TPSA) is 132 Å². The van der Waals surface area contributed by atoms with Gasteiger partial charge in [-0.05, 0) is 45.3 Å². The van der Waals surface area contributed by atoms with Gasteiger partial charge in [0.25, 0.3) is 0 Å². The van der Waals surface area contributed by atoms with Crippen molar-refractivity contribution in [1.29, 1.82) is 0 Å². The predicted molar refractivity (Wildman–Crippen MR) is 151 cm³/mol. The lowest BCUT2D eigenvalue weighted by molar-refractivity contribution is 0.0526. The van der Waals surface area contributed by atoms with Crippen LogP contribution in [-0.2, 0) is 11.3 Å². The second-order valence-corrected chi connectivity index (χ2v) is 9.09. The van der Waals surface area contributed by atoms with Gasteiger partial charge in [0.2, 0.25) is 11.8 Å². The lowest BCUT2D eigenvalue weighted by Crippen LogP contribution is -2.18. The Balaban J connectivity index is 1.47. The van der Waals surface area contributed by atoms with Crippen molar-refractivity contribution < 1.29 is 18.7 Å². The summed E-state index contributed by atoms with van der Waals surface area (Å²) in [6, 6.07) is 13.0. The van der Waals surface area contributed by atoms with Gasteiger partial charge < -0.3 is 29.4 Å². The molecule has 0 fully saturated rings. The van der Waals surface area contributed by atoms with E-state index in [1.807, 2.05) is 67.4 Å². The molecule has 0 spiro atoms. The molecular formula is C28H30N8O4. The highest BCUT2D eigenvalue weighted by Crippen LogP contribution is 2.38. The van der Waals surface area contributed by atoms with Crippen LogP contribution >= 0.6 is 0 Å². The summed E-state index contributed by atoms with van der Waals surface area (Å²) in [5.74, 6) is 0.839. The number of benzene rings is 2. The molecule has 0 aliphatic rings. The van der Waals surface area contributed by atoms with Gasteiger partial charge in [-0.2, -0.15) is 10.1 Å². The molecule has 0 aliphatic carbocycles. The van der Waals surface area contributed by atoms with Crippen LogP contribution < -0.4 is 15.4 Å². The Morgan fingerprint density at radius 1 is 1.07 bits per heavy atom. The molecule has 0 saturated heterocycles. The van der Waals surface area contributed by atoms with Crippen LogP contribution in [0.1, 0.15) is 17.3 Å². The second kappa shape index (κ2) is 11.8. The molecule has 2 N–H and O–H groups in total. The third-order valence-corrected chi connectivity index (χ3v) is 5.95. The van der Waals surface area contributed by atoms with Crippen molar-refractivity contribution in [2.75, 3.05) is 45.0 Å². The molecule has 40 heavy (non-hydrogen) atoms. The maximum atomic E-state index is 12.8. The number of oxazole rings is 1. The second-order valence-electron chi connectivity index (χ2n) is 9.09. The zero-order chi connectivity index (χ0) is 28.1. The zero-order valence-electron chi connectivity index (χ0n) is 22.7. The molecule has 0 atom stereocenters. The van der Waals surface area contributed by atoms with Crippen molar-refractivity contribution in [3.63, 3.8) is 0 Å². The van der Waals surface area contributed by atoms with E-state index < -0.39 is 5.97 Å². The van der Waals surface area contributed by atoms with Gasteiger partial charge in [-0.15, -0.1) is 0 Å². The number of ether oxygens (including phenoxy) is 2. The standard InChI is InChI=1S/C28H30N8O4/c1-5-39-27(37)20-16-29-28(31-18-15-30-36(17-18)14-13-35(2)3)34-25(20)32-22-11-8-9-19(24(22)38-4)26-33-21-10-6-7-12-23(21)40-26/h6-12,15-17H,5,13-14H2,1-4H3,(H2,29,31,32,34). The molecule has 0 saturated carbocycles. The van der Waals surface area contributed by atoms with Gasteiger partial charge in [-0.1, -0.05) is 18.2 Å². The van der Waals surface area contributed by atoms with E-state index in [-0.39, 0.29) is 23.9 Å². The van der Waals surface area contributed by atoms with Gasteiger partial charge in [0.1, 0.15) is 11.1 Å². The summed E-state index contributed by atoms with van der Waals surface area (Å²) in [7, 11) is 5.57. The van der Waals surface area contributed by atoms with Crippen LogP contribution in [0.5, 0.6) is 5.75 Å². The number of aromatic nitrogens is 5. The first-order valence-corrected chi connectivity index (χ1v) is 12.7. The fourth-order valence-corrected chi connectivity index (χ4v) is 4.02. The Morgan fingerprint density at radius 2 is 1.93 bits per heavy atom. The summed E-state index contributed by atoms with van der Waals surface area (Å²) < 4.78 is 18.8. The van der Waals surface area contributed by atoms with Gasteiger partial charge >= 0.3 is 5.97 Å². The largest absolute Gasteiger partial charge is 0.494 e. The van der Waals surface area contributed by atoms with Crippen LogP contribution in [0.3, 0.4) is 0 Å². The number of para-hydroxylation sites is 3. The Bertz CT molecular complexity index is 1590. The van der Waals surface area contributed by atoms with Crippen LogP contribution in [0.2, 0.25) is 0 Å². The van der Waals surface area contributed by atoms with Crippen molar-refractivity contribution in [1.82, 2.24) is 29.6 Å². The smallest absolute Gasteiger partial charge is 0.343 e. The van der Waals surface area contributed by atoms with Crippen LogP contribution in [0.25, 0.3) is 22.6 Å². The Labute approximate surface area is 231 Å². The number of fused-ring (bicyclic) bond motifs is 1. The van der Waals surface area contributed by atoms with Gasteiger partial charge in [-0.25, -0.2) is 14.8 Å². The van der Waals surface area contributed by atoms with Crippen LogP contribution in [0.15, 0.2) is 65.5 Å². The number of anilines is 4. The molecule has 0 amide bonds. The van der Waals surface area contributed by atoms with Gasteiger partial charge in [0.05, 0.1) is 43.4 Å². The molecule has 0 unspecified atom stereocenters. The molecule has 12 nitrogen and oxygen atoms in total. The minimum atomic E-state index is -0.554. The maximum Gasteiger partial charge on any atom is 0.343 e. The highest BCUT2D eigenvalue weighted by Gasteiger charge is 2.21. The molecule has 12 heteroatoms. The van der Waals surface area contributed by atoms with E-state index in [0.717, 1.165) is 18.6 Å². The summed E-state index contributed by atoms with van der Waals surface area (Å²) in [6.45, 7) is 3.54. The molecular weight excluding hydrogens is 512 g/mol. The number of hydrogen-bond donors (Lipinski definition) is 2. The minimum absolute atomic E-state index is 0.170. The summed E-state index contributed by atoms with van der Waals surface area (Å²) in [6.07, 6.45) is 4.98. The van der Waals surface area contributed by atoms with Crippen LogP contribution in [-0.4, -0.2) is 70.0 Å². The SMILES string of the molecule is CCOC(=O)c1cnc(Nc2cnn(CCN(C)C)c2)nc1Nc1cccc(-c2nc3ccccc3o2)c1OC. The number of nitrogens with one attached hydrogen (secondary N) is 2. The number of likely N-dealkylation sites (N-methyl/N-ethyl adjacent to an activating group) is 1. The summed E-state index contributed by atoms with van der Waals surface area (Å²) in [5, 5.41) is 10.7. The molecule has 5 rings (SSSR count).